The Morgan fingerprint density at radius 2 is 2.00 bits per heavy atom. The normalized spacial score (nSPS) is 16.8. The number of benzene rings is 1. The lowest BCUT2D eigenvalue weighted by Gasteiger charge is -2.27. The van der Waals surface area contributed by atoms with E-state index in [0.717, 1.165) is 11.1 Å². The summed E-state index contributed by atoms with van der Waals surface area (Å²) in [5, 5.41) is 2.65. The Hall–Kier alpha value is -2.14. The Morgan fingerprint density at radius 3 is 2.67 bits per heavy atom. The minimum Gasteiger partial charge on any atom is -0.458 e. The van der Waals surface area contributed by atoms with Gasteiger partial charge in [-0.3, -0.25) is 4.79 Å². The Morgan fingerprint density at radius 1 is 1.29 bits per heavy atom. The Kier molecular flexibility index (Phi) is 5.51. The molecule has 1 aliphatic carbocycles. The molecule has 2 rings (SSSR count). The van der Waals surface area contributed by atoms with Crippen molar-refractivity contribution in [1.82, 2.24) is 5.32 Å². The molecule has 1 fully saturated rings. The van der Waals surface area contributed by atoms with Crippen LogP contribution in [0.25, 0.3) is 0 Å². The fraction of sp³-hybridized carbons (Fsp3) is 0.375. The molecular formula is C16H19NO4. The highest BCUT2D eigenvalue weighted by atomic mass is 16.5. The molecule has 0 bridgehead atoms. The number of carbonyl (C=O) groups is 2. The fourth-order valence-corrected chi connectivity index (χ4v) is 2.10. The Bertz CT molecular complexity index is 516. The predicted octanol–water partition coefficient (Wildman–Crippen LogP) is 1.79. The lowest BCUT2D eigenvalue weighted by molar-refractivity contribution is -0.139. The van der Waals surface area contributed by atoms with Crippen LogP contribution in [0.2, 0.25) is 0 Å². The average molecular weight is 289 g/mol. The van der Waals surface area contributed by atoms with Crippen LogP contribution in [0.3, 0.4) is 0 Å². The number of esters is 1. The van der Waals surface area contributed by atoms with Crippen LogP contribution in [0.4, 0.5) is 0 Å². The highest BCUT2D eigenvalue weighted by Crippen LogP contribution is 2.33. The van der Waals surface area contributed by atoms with E-state index in [1.165, 1.54) is 13.2 Å². The molecule has 0 aliphatic heterocycles. The smallest absolute Gasteiger partial charge is 0.331 e. The first-order valence-corrected chi connectivity index (χ1v) is 6.86. The molecule has 0 aromatic heterocycles. The molecule has 0 radical (unpaired) electrons. The van der Waals surface area contributed by atoms with Crippen molar-refractivity contribution in [2.75, 3.05) is 13.8 Å². The number of hydrogen-bond donors (Lipinski definition) is 1. The first-order valence-electron chi connectivity index (χ1n) is 6.86. The summed E-state index contributed by atoms with van der Waals surface area (Å²) in [7, 11) is 1.52. The van der Waals surface area contributed by atoms with Gasteiger partial charge in [-0.25, -0.2) is 4.79 Å². The lowest BCUT2D eigenvalue weighted by Crippen LogP contribution is -2.36. The monoisotopic (exact) mass is 289 g/mol. The molecule has 1 aromatic rings. The van der Waals surface area contributed by atoms with Gasteiger partial charge >= 0.3 is 5.97 Å². The standard InChI is InChI=1S/C16H19NO4/c1-20-11-17-16(19)14-7-13(8-14)9-15(18)21-10-12-5-3-2-4-6-12/h2-6,9,14H,7-8,10-11H2,1H3,(H,17,19). The third kappa shape index (κ3) is 4.72. The van der Waals surface area contributed by atoms with Gasteiger partial charge < -0.3 is 14.8 Å². The molecular weight excluding hydrogens is 270 g/mol. The molecule has 5 nitrogen and oxygen atoms in total. The minimum atomic E-state index is -0.357. The summed E-state index contributed by atoms with van der Waals surface area (Å²) in [5.74, 6) is -0.454. The van der Waals surface area contributed by atoms with Gasteiger partial charge in [-0.15, -0.1) is 0 Å². The molecule has 1 aliphatic rings. The van der Waals surface area contributed by atoms with Crippen molar-refractivity contribution in [3.63, 3.8) is 0 Å². The zero-order chi connectivity index (χ0) is 15.1. The van der Waals surface area contributed by atoms with Gasteiger partial charge in [-0.05, 0) is 18.4 Å². The summed E-state index contributed by atoms with van der Waals surface area (Å²) in [5.41, 5.74) is 1.90. The van der Waals surface area contributed by atoms with Gasteiger partial charge in [-0.1, -0.05) is 35.9 Å². The second-order valence-electron chi connectivity index (χ2n) is 4.98. The number of methoxy groups -OCH3 is 1. The summed E-state index contributed by atoms with van der Waals surface area (Å²) in [6.45, 7) is 0.481. The number of allylic oxidation sites excluding steroid dienone is 1. The molecule has 0 unspecified atom stereocenters. The number of ether oxygens (including phenoxy) is 2. The lowest BCUT2D eigenvalue weighted by atomic mass is 9.79. The van der Waals surface area contributed by atoms with Gasteiger partial charge in [-0.2, -0.15) is 0 Å². The van der Waals surface area contributed by atoms with Crippen LogP contribution in [0.1, 0.15) is 18.4 Å². The van der Waals surface area contributed by atoms with E-state index in [1.807, 2.05) is 30.3 Å². The Balaban J connectivity index is 1.70. The molecule has 1 N–H and O–H groups in total. The van der Waals surface area contributed by atoms with E-state index in [9.17, 15) is 9.59 Å². The third-order valence-corrected chi connectivity index (χ3v) is 3.32. The van der Waals surface area contributed by atoms with Crippen molar-refractivity contribution in [1.29, 1.82) is 0 Å². The summed E-state index contributed by atoms with van der Waals surface area (Å²) in [6, 6.07) is 9.52. The van der Waals surface area contributed by atoms with E-state index in [1.54, 1.807) is 0 Å². The first-order chi connectivity index (χ1) is 10.2. The maximum Gasteiger partial charge on any atom is 0.331 e. The van der Waals surface area contributed by atoms with Gasteiger partial charge in [0.05, 0.1) is 0 Å². The van der Waals surface area contributed by atoms with Crippen LogP contribution in [-0.4, -0.2) is 25.7 Å². The van der Waals surface area contributed by atoms with E-state index in [-0.39, 0.29) is 31.1 Å². The highest BCUT2D eigenvalue weighted by molar-refractivity contribution is 5.85. The van der Waals surface area contributed by atoms with Gasteiger partial charge in [0.25, 0.3) is 0 Å². The molecule has 0 heterocycles. The number of carbonyl (C=O) groups excluding carboxylic acids is 2. The fourth-order valence-electron chi connectivity index (χ4n) is 2.10. The molecule has 112 valence electrons. The second kappa shape index (κ2) is 7.59. The SMILES string of the molecule is COCNC(=O)C1CC(=CC(=O)OCc2ccccc2)C1. The molecule has 0 spiro atoms. The van der Waals surface area contributed by atoms with Crippen molar-refractivity contribution in [2.45, 2.75) is 19.4 Å². The number of hydrogen-bond acceptors (Lipinski definition) is 4. The average Bonchev–Trinajstić information content (AvgIpc) is 2.47. The maximum atomic E-state index is 11.6. The van der Waals surface area contributed by atoms with Gasteiger partial charge in [0.15, 0.2) is 0 Å². The topological polar surface area (TPSA) is 64.6 Å². The van der Waals surface area contributed by atoms with E-state index in [4.69, 9.17) is 9.47 Å². The van der Waals surface area contributed by atoms with Crippen LogP contribution in [0, 0.1) is 5.92 Å². The first kappa shape index (κ1) is 15.3. The van der Waals surface area contributed by atoms with Crippen molar-refractivity contribution < 1.29 is 19.1 Å². The third-order valence-electron chi connectivity index (χ3n) is 3.32. The van der Waals surface area contributed by atoms with Crippen LogP contribution >= 0.6 is 0 Å². The molecule has 0 saturated heterocycles. The maximum absolute atomic E-state index is 11.6. The summed E-state index contributed by atoms with van der Waals surface area (Å²) >= 11 is 0. The molecule has 5 heteroatoms. The van der Waals surface area contributed by atoms with E-state index >= 15 is 0 Å². The van der Waals surface area contributed by atoms with E-state index < -0.39 is 0 Å². The van der Waals surface area contributed by atoms with Crippen molar-refractivity contribution in [3.05, 3.63) is 47.5 Å². The van der Waals surface area contributed by atoms with Gasteiger partial charge in [0, 0.05) is 19.1 Å². The molecule has 1 amide bonds. The van der Waals surface area contributed by atoms with Gasteiger partial charge in [0.1, 0.15) is 13.3 Å². The summed E-state index contributed by atoms with van der Waals surface area (Å²) in [6.07, 6.45) is 2.70. The molecule has 0 atom stereocenters. The quantitative estimate of drug-likeness (QED) is 0.492. The van der Waals surface area contributed by atoms with Crippen molar-refractivity contribution in [2.24, 2.45) is 5.92 Å². The predicted molar refractivity (Wildman–Crippen MR) is 77.1 cm³/mol. The zero-order valence-corrected chi connectivity index (χ0v) is 12.0. The van der Waals surface area contributed by atoms with Crippen LogP contribution in [0.5, 0.6) is 0 Å². The largest absolute Gasteiger partial charge is 0.458 e. The minimum absolute atomic E-state index is 0.0355. The van der Waals surface area contributed by atoms with E-state index in [2.05, 4.69) is 5.32 Å². The number of nitrogens with one attached hydrogen (secondary N) is 1. The number of rotatable bonds is 6. The van der Waals surface area contributed by atoms with Crippen molar-refractivity contribution in [3.8, 4) is 0 Å². The summed E-state index contributed by atoms with van der Waals surface area (Å²) in [4.78, 5) is 23.2. The van der Waals surface area contributed by atoms with Gasteiger partial charge in [0.2, 0.25) is 5.91 Å². The summed E-state index contributed by atoms with van der Waals surface area (Å²) < 4.78 is 9.94. The molecule has 1 saturated carbocycles. The van der Waals surface area contributed by atoms with E-state index in [0.29, 0.717) is 12.8 Å². The number of amides is 1. The van der Waals surface area contributed by atoms with Crippen LogP contribution in [0.15, 0.2) is 42.0 Å². The highest BCUT2D eigenvalue weighted by Gasteiger charge is 2.30. The molecule has 21 heavy (non-hydrogen) atoms. The van der Waals surface area contributed by atoms with Crippen molar-refractivity contribution >= 4 is 11.9 Å². The molecule has 1 aromatic carbocycles. The van der Waals surface area contributed by atoms with Crippen LogP contribution < -0.4 is 5.32 Å². The Labute approximate surface area is 123 Å². The zero-order valence-electron chi connectivity index (χ0n) is 12.0. The second-order valence-corrected chi connectivity index (χ2v) is 4.98. The van der Waals surface area contributed by atoms with Crippen LogP contribution in [-0.2, 0) is 25.7 Å².